The van der Waals surface area contributed by atoms with Gasteiger partial charge < -0.3 is 18.5 Å². The number of carbonyl (C=O) groups excluding carboxylic acids is 1. The molecule has 1 amide bonds. The number of sulfone groups is 1. The molecule has 2 aromatic heterocycles. The molecule has 0 radical (unpaired) electrons. The lowest BCUT2D eigenvalue weighted by atomic mass is 10.2. The van der Waals surface area contributed by atoms with Crippen LogP contribution >= 0.6 is 15.9 Å². The molecule has 9 heteroatoms. The Bertz CT molecular complexity index is 1160. The maximum Gasteiger partial charge on any atom is 0.290 e. The van der Waals surface area contributed by atoms with Gasteiger partial charge in [-0.3, -0.25) is 4.79 Å². The molecule has 1 fully saturated rings. The molecule has 164 valence electrons. The van der Waals surface area contributed by atoms with Crippen molar-refractivity contribution < 1.29 is 26.8 Å². The first kappa shape index (κ1) is 21.9. The van der Waals surface area contributed by atoms with Crippen LogP contribution in [-0.2, 0) is 21.1 Å². The highest BCUT2D eigenvalue weighted by atomic mass is 79.9. The van der Waals surface area contributed by atoms with Crippen LogP contribution in [0.25, 0.3) is 0 Å². The SMILES string of the molecule is Cc1ccc(CN(CC2CCCO2)C(=O)c2ccc(S(=O)(=O)c3ccc(Br)cc3)o2)o1. The number of carbonyl (C=O) groups is 1. The van der Waals surface area contributed by atoms with Crippen molar-refractivity contribution >= 4 is 31.7 Å². The highest BCUT2D eigenvalue weighted by Gasteiger charge is 2.28. The van der Waals surface area contributed by atoms with Gasteiger partial charge in [0.05, 0.1) is 17.5 Å². The van der Waals surface area contributed by atoms with E-state index in [0.29, 0.717) is 18.9 Å². The van der Waals surface area contributed by atoms with Gasteiger partial charge in [0, 0.05) is 17.6 Å². The number of nitrogens with zero attached hydrogens (tertiary/aromatic N) is 1. The third-order valence-electron chi connectivity index (χ3n) is 5.06. The summed E-state index contributed by atoms with van der Waals surface area (Å²) < 4.78 is 43.3. The van der Waals surface area contributed by atoms with E-state index >= 15 is 0 Å². The van der Waals surface area contributed by atoms with Crippen molar-refractivity contribution in [2.24, 2.45) is 0 Å². The minimum Gasteiger partial charge on any atom is -0.464 e. The predicted octanol–water partition coefficient (Wildman–Crippen LogP) is 4.60. The van der Waals surface area contributed by atoms with Crippen LogP contribution in [0.2, 0.25) is 0 Å². The molecule has 1 unspecified atom stereocenters. The Morgan fingerprint density at radius 1 is 1.10 bits per heavy atom. The van der Waals surface area contributed by atoms with Gasteiger partial charge in [-0.05, 0) is 68.3 Å². The molecule has 0 bridgehead atoms. The number of rotatable bonds is 7. The van der Waals surface area contributed by atoms with Gasteiger partial charge in [0.2, 0.25) is 14.9 Å². The van der Waals surface area contributed by atoms with Gasteiger partial charge in [-0.2, -0.15) is 0 Å². The second-order valence-electron chi connectivity index (χ2n) is 7.41. The lowest BCUT2D eigenvalue weighted by Crippen LogP contribution is -2.36. The first-order valence-corrected chi connectivity index (χ1v) is 12.2. The van der Waals surface area contributed by atoms with E-state index in [0.717, 1.165) is 23.1 Å². The molecule has 1 aromatic carbocycles. The fourth-order valence-corrected chi connectivity index (χ4v) is 4.91. The summed E-state index contributed by atoms with van der Waals surface area (Å²) in [5.74, 6) is 0.928. The van der Waals surface area contributed by atoms with Gasteiger partial charge in [0.25, 0.3) is 5.91 Å². The summed E-state index contributed by atoms with van der Waals surface area (Å²) in [6.07, 6.45) is 1.74. The molecule has 31 heavy (non-hydrogen) atoms. The van der Waals surface area contributed by atoms with E-state index in [1.165, 1.54) is 24.3 Å². The summed E-state index contributed by atoms with van der Waals surface area (Å²) in [4.78, 5) is 14.9. The van der Waals surface area contributed by atoms with Gasteiger partial charge in [0.15, 0.2) is 5.76 Å². The minimum absolute atomic E-state index is 0.0445. The zero-order valence-corrected chi connectivity index (χ0v) is 19.3. The van der Waals surface area contributed by atoms with Crippen LogP contribution < -0.4 is 0 Å². The fraction of sp³-hybridized carbons (Fsp3) is 0.318. The summed E-state index contributed by atoms with van der Waals surface area (Å²) in [7, 11) is -3.87. The second-order valence-corrected chi connectivity index (χ2v) is 10.2. The predicted molar refractivity (Wildman–Crippen MR) is 115 cm³/mol. The van der Waals surface area contributed by atoms with Crippen molar-refractivity contribution in [3.8, 4) is 0 Å². The summed E-state index contributed by atoms with van der Waals surface area (Å²) in [5, 5.41) is -0.274. The minimum atomic E-state index is -3.87. The highest BCUT2D eigenvalue weighted by Crippen LogP contribution is 2.26. The van der Waals surface area contributed by atoms with Crippen LogP contribution in [0.4, 0.5) is 0 Å². The largest absolute Gasteiger partial charge is 0.464 e. The molecule has 1 atom stereocenters. The average molecular weight is 508 g/mol. The Balaban J connectivity index is 1.58. The molecule has 1 saturated heterocycles. The Hall–Kier alpha value is -2.36. The van der Waals surface area contributed by atoms with Gasteiger partial charge in [-0.1, -0.05) is 15.9 Å². The molecule has 3 aromatic rings. The molecule has 0 aliphatic carbocycles. The monoisotopic (exact) mass is 507 g/mol. The Labute approximate surface area is 189 Å². The molecule has 7 nitrogen and oxygen atoms in total. The lowest BCUT2D eigenvalue weighted by Gasteiger charge is -2.23. The van der Waals surface area contributed by atoms with Gasteiger partial charge in [-0.25, -0.2) is 8.42 Å². The van der Waals surface area contributed by atoms with Crippen LogP contribution in [-0.4, -0.2) is 38.5 Å². The van der Waals surface area contributed by atoms with Crippen LogP contribution in [0.5, 0.6) is 0 Å². The number of halogens is 1. The molecule has 3 heterocycles. The normalized spacial score (nSPS) is 16.5. The second kappa shape index (κ2) is 9.02. The Morgan fingerprint density at radius 3 is 2.52 bits per heavy atom. The average Bonchev–Trinajstić information content (AvgIpc) is 3.50. The topological polar surface area (TPSA) is 90.0 Å². The molecule has 0 spiro atoms. The molecule has 0 N–H and O–H groups in total. The van der Waals surface area contributed by atoms with Crippen molar-refractivity contribution in [3.63, 3.8) is 0 Å². The molecular weight excluding hydrogens is 486 g/mol. The fourth-order valence-electron chi connectivity index (χ4n) is 3.48. The third kappa shape index (κ3) is 4.94. The molecule has 1 aliphatic heterocycles. The number of hydrogen-bond acceptors (Lipinski definition) is 6. The van der Waals surface area contributed by atoms with E-state index in [2.05, 4.69) is 15.9 Å². The van der Waals surface area contributed by atoms with Crippen molar-refractivity contribution in [3.05, 3.63) is 70.3 Å². The summed E-state index contributed by atoms with van der Waals surface area (Å²) >= 11 is 3.29. The van der Waals surface area contributed by atoms with E-state index < -0.39 is 15.7 Å². The van der Waals surface area contributed by atoms with E-state index in [9.17, 15) is 13.2 Å². The number of hydrogen-bond donors (Lipinski definition) is 0. The Morgan fingerprint density at radius 2 is 1.87 bits per heavy atom. The van der Waals surface area contributed by atoms with Crippen LogP contribution in [0.3, 0.4) is 0 Å². The Kier molecular flexibility index (Phi) is 6.36. The van der Waals surface area contributed by atoms with E-state index in [1.54, 1.807) is 17.0 Å². The number of amides is 1. The number of benzene rings is 1. The molecular formula is C22H22BrNO6S. The molecule has 1 aliphatic rings. The highest BCUT2D eigenvalue weighted by molar-refractivity contribution is 9.10. The summed E-state index contributed by atoms with van der Waals surface area (Å²) in [6.45, 7) is 3.11. The van der Waals surface area contributed by atoms with Gasteiger partial charge in [0.1, 0.15) is 11.5 Å². The maximum absolute atomic E-state index is 13.2. The molecule has 0 saturated carbocycles. The van der Waals surface area contributed by atoms with E-state index in [-0.39, 0.29) is 28.4 Å². The lowest BCUT2D eigenvalue weighted by molar-refractivity contribution is 0.0463. The van der Waals surface area contributed by atoms with Gasteiger partial charge >= 0.3 is 0 Å². The van der Waals surface area contributed by atoms with Crippen molar-refractivity contribution in [2.45, 2.75) is 42.4 Å². The van der Waals surface area contributed by atoms with Crippen LogP contribution in [0.1, 0.15) is 34.9 Å². The quantitative estimate of drug-likeness (QED) is 0.464. The van der Waals surface area contributed by atoms with Crippen molar-refractivity contribution in [1.82, 2.24) is 4.90 Å². The summed E-state index contributed by atoms with van der Waals surface area (Å²) in [6, 6.07) is 12.6. The van der Waals surface area contributed by atoms with Crippen molar-refractivity contribution in [2.75, 3.05) is 13.2 Å². The first-order valence-electron chi connectivity index (χ1n) is 9.89. The van der Waals surface area contributed by atoms with E-state index in [1.807, 2.05) is 19.1 Å². The third-order valence-corrected chi connectivity index (χ3v) is 7.23. The van der Waals surface area contributed by atoms with Crippen LogP contribution in [0, 0.1) is 6.92 Å². The standard InChI is InChI=1S/C22H22BrNO6S/c1-15-4-7-18(29-15)14-24(13-17-3-2-12-28-17)22(25)20-10-11-21(30-20)31(26,27)19-8-5-16(23)6-9-19/h4-11,17H,2-3,12-14H2,1H3. The number of aryl methyl sites for hydroxylation is 1. The van der Waals surface area contributed by atoms with E-state index in [4.69, 9.17) is 13.6 Å². The van der Waals surface area contributed by atoms with Crippen molar-refractivity contribution in [1.29, 1.82) is 0 Å². The number of furan rings is 2. The van der Waals surface area contributed by atoms with Crippen LogP contribution in [0.15, 0.2) is 71.8 Å². The zero-order chi connectivity index (χ0) is 22.0. The summed E-state index contributed by atoms with van der Waals surface area (Å²) in [5.41, 5.74) is 0. The zero-order valence-electron chi connectivity index (χ0n) is 16.9. The smallest absolute Gasteiger partial charge is 0.290 e. The maximum atomic E-state index is 13.2. The number of ether oxygens (including phenoxy) is 1. The molecule has 4 rings (SSSR count). The first-order chi connectivity index (χ1) is 14.8. The van der Waals surface area contributed by atoms with Gasteiger partial charge in [-0.15, -0.1) is 0 Å².